The second-order valence-corrected chi connectivity index (χ2v) is 6.42. The molecule has 0 saturated carbocycles. The Balaban J connectivity index is 2.27. The number of thiophene rings is 1. The van der Waals surface area contributed by atoms with Gasteiger partial charge in [0.2, 0.25) is 0 Å². The Labute approximate surface area is 127 Å². The lowest BCUT2D eigenvalue weighted by molar-refractivity contribution is 0.527. The molecule has 108 valence electrons. The largest absolute Gasteiger partial charge is 0.310 e. The van der Waals surface area contributed by atoms with Crippen LogP contribution in [-0.2, 0) is 6.42 Å². The summed E-state index contributed by atoms with van der Waals surface area (Å²) >= 11 is 1.78. The number of rotatable bonds is 6. The maximum absolute atomic E-state index is 3.72. The Morgan fingerprint density at radius 3 is 2.50 bits per heavy atom. The molecule has 1 atom stereocenters. The Hall–Kier alpha value is -1.12. The zero-order chi connectivity index (χ0) is 14.5. The molecule has 0 radical (unpaired) electrons. The molecular formula is C18H25NS. The minimum Gasteiger partial charge on any atom is -0.310 e. The summed E-state index contributed by atoms with van der Waals surface area (Å²) in [6.07, 6.45) is 2.25. The van der Waals surface area contributed by atoms with E-state index in [9.17, 15) is 0 Å². The lowest BCUT2D eigenvalue weighted by Gasteiger charge is -2.22. The highest BCUT2D eigenvalue weighted by atomic mass is 32.1. The lowest BCUT2D eigenvalue weighted by atomic mass is 9.92. The first kappa shape index (κ1) is 15.3. The first-order chi connectivity index (χ1) is 9.61. The van der Waals surface area contributed by atoms with Crippen LogP contribution in [0.1, 0.15) is 47.2 Å². The monoisotopic (exact) mass is 287 g/mol. The van der Waals surface area contributed by atoms with Crippen molar-refractivity contribution < 1.29 is 0 Å². The van der Waals surface area contributed by atoms with Crippen molar-refractivity contribution in [2.45, 2.75) is 46.6 Å². The van der Waals surface area contributed by atoms with Crippen molar-refractivity contribution in [1.29, 1.82) is 0 Å². The molecule has 0 fully saturated rings. The summed E-state index contributed by atoms with van der Waals surface area (Å²) in [6, 6.07) is 7.34. The molecule has 1 aromatic carbocycles. The van der Waals surface area contributed by atoms with Crippen molar-refractivity contribution in [1.82, 2.24) is 5.32 Å². The molecule has 0 spiro atoms. The molecule has 0 saturated heterocycles. The van der Waals surface area contributed by atoms with Crippen LogP contribution in [0.3, 0.4) is 0 Å². The van der Waals surface area contributed by atoms with Crippen molar-refractivity contribution >= 4 is 11.3 Å². The number of nitrogens with one attached hydrogen (secondary N) is 1. The number of aryl methyl sites for hydroxylation is 3. The Morgan fingerprint density at radius 1 is 1.10 bits per heavy atom. The van der Waals surface area contributed by atoms with Gasteiger partial charge in [0.25, 0.3) is 0 Å². The van der Waals surface area contributed by atoms with Crippen LogP contribution in [-0.4, -0.2) is 6.54 Å². The fourth-order valence-corrected chi connectivity index (χ4v) is 3.29. The molecule has 0 aliphatic heterocycles. The van der Waals surface area contributed by atoms with Crippen molar-refractivity contribution in [3.05, 3.63) is 56.8 Å². The molecule has 1 heterocycles. The summed E-state index contributed by atoms with van der Waals surface area (Å²) in [7, 11) is 0. The van der Waals surface area contributed by atoms with Crippen molar-refractivity contribution in [3.8, 4) is 0 Å². The van der Waals surface area contributed by atoms with E-state index in [4.69, 9.17) is 0 Å². The molecule has 0 aliphatic carbocycles. The van der Waals surface area contributed by atoms with Gasteiger partial charge in [0.1, 0.15) is 0 Å². The zero-order valence-electron chi connectivity index (χ0n) is 13.0. The standard InChI is InChI=1S/C18H25NS/c1-5-7-19-18(11-16-6-8-20-12-16)17-10-14(3)13(2)9-15(17)4/h6,8-10,12,18-19H,5,7,11H2,1-4H3. The van der Waals surface area contributed by atoms with Crippen molar-refractivity contribution in [2.75, 3.05) is 6.54 Å². The third kappa shape index (κ3) is 3.71. The van der Waals surface area contributed by atoms with Crippen LogP contribution < -0.4 is 5.32 Å². The molecule has 2 heteroatoms. The molecule has 1 nitrogen and oxygen atoms in total. The molecule has 0 aliphatic rings. The van der Waals surface area contributed by atoms with Crippen molar-refractivity contribution in [2.24, 2.45) is 0 Å². The highest BCUT2D eigenvalue weighted by molar-refractivity contribution is 7.07. The van der Waals surface area contributed by atoms with Crippen LogP contribution in [0.15, 0.2) is 29.0 Å². The van der Waals surface area contributed by atoms with Gasteiger partial charge in [-0.1, -0.05) is 19.1 Å². The lowest BCUT2D eigenvalue weighted by Crippen LogP contribution is -2.25. The molecule has 0 bridgehead atoms. The Bertz CT molecular complexity index is 543. The van der Waals surface area contributed by atoms with Gasteiger partial charge in [-0.15, -0.1) is 0 Å². The molecule has 2 rings (SSSR count). The van der Waals surface area contributed by atoms with Crippen molar-refractivity contribution in [3.63, 3.8) is 0 Å². The summed E-state index contributed by atoms with van der Waals surface area (Å²) in [4.78, 5) is 0. The van der Waals surface area contributed by atoms with Gasteiger partial charge in [0.15, 0.2) is 0 Å². The van der Waals surface area contributed by atoms with E-state index in [2.05, 4.69) is 62.0 Å². The quantitative estimate of drug-likeness (QED) is 0.792. The molecule has 1 N–H and O–H groups in total. The van der Waals surface area contributed by atoms with E-state index in [1.54, 1.807) is 11.3 Å². The summed E-state index contributed by atoms with van der Waals surface area (Å²) in [5.74, 6) is 0. The molecule has 20 heavy (non-hydrogen) atoms. The normalized spacial score (nSPS) is 12.6. The number of benzene rings is 1. The van der Waals surface area contributed by atoms with Gasteiger partial charge in [-0.2, -0.15) is 11.3 Å². The number of hydrogen-bond donors (Lipinski definition) is 1. The topological polar surface area (TPSA) is 12.0 Å². The fraction of sp³-hybridized carbons (Fsp3) is 0.444. The molecule has 0 amide bonds. The third-order valence-electron chi connectivity index (χ3n) is 3.92. The van der Waals surface area contributed by atoms with Gasteiger partial charge in [0, 0.05) is 6.04 Å². The van der Waals surface area contributed by atoms with E-state index in [0.717, 1.165) is 13.0 Å². The van der Waals surface area contributed by atoms with Gasteiger partial charge >= 0.3 is 0 Å². The van der Waals surface area contributed by atoms with Crippen LogP contribution in [0.5, 0.6) is 0 Å². The van der Waals surface area contributed by atoms with E-state index in [0.29, 0.717) is 6.04 Å². The average Bonchev–Trinajstić information content (AvgIpc) is 2.92. The van der Waals surface area contributed by atoms with E-state index in [1.165, 1.54) is 34.2 Å². The van der Waals surface area contributed by atoms with E-state index in [1.807, 2.05) is 0 Å². The molecule has 1 aromatic heterocycles. The van der Waals surface area contributed by atoms with Crippen LogP contribution in [0.2, 0.25) is 0 Å². The maximum atomic E-state index is 3.72. The van der Waals surface area contributed by atoms with Crippen LogP contribution in [0, 0.1) is 20.8 Å². The van der Waals surface area contributed by atoms with Gasteiger partial charge in [0.05, 0.1) is 0 Å². The highest BCUT2D eigenvalue weighted by Crippen LogP contribution is 2.25. The van der Waals surface area contributed by atoms with E-state index < -0.39 is 0 Å². The fourth-order valence-electron chi connectivity index (χ4n) is 2.61. The summed E-state index contributed by atoms with van der Waals surface area (Å²) < 4.78 is 0. The van der Waals surface area contributed by atoms with Gasteiger partial charge in [-0.3, -0.25) is 0 Å². The number of hydrogen-bond acceptors (Lipinski definition) is 2. The molecule has 1 unspecified atom stereocenters. The van der Waals surface area contributed by atoms with Gasteiger partial charge < -0.3 is 5.32 Å². The zero-order valence-corrected chi connectivity index (χ0v) is 13.8. The summed E-state index contributed by atoms with van der Waals surface area (Å²) in [5, 5.41) is 8.14. The average molecular weight is 287 g/mol. The maximum Gasteiger partial charge on any atom is 0.0363 e. The summed E-state index contributed by atoms with van der Waals surface area (Å²) in [6.45, 7) is 9.93. The van der Waals surface area contributed by atoms with Crippen LogP contribution >= 0.6 is 11.3 Å². The SMILES string of the molecule is CCCNC(Cc1ccsc1)c1cc(C)c(C)cc1C. The second kappa shape index (κ2) is 7.05. The second-order valence-electron chi connectivity index (χ2n) is 5.64. The Kier molecular flexibility index (Phi) is 5.38. The first-order valence-electron chi connectivity index (χ1n) is 7.44. The minimum absolute atomic E-state index is 0.420. The van der Waals surface area contributed by atoms with E-state index in [-0.39, 0.29) is 0 Å². The third-order valence-corrected chi connectivity index (χ3v) is 4.65. The van der Waals surface area contributed by atoms with E-state index >= 15 is 0 Å². The van der Waals surface area contributed by atoms with Crippen LogP contribution in [0.25, 0.3) is 0 Å². The minimum atomic E-state index is 0.420. The van der Waals surface area contributed by atoms with Gasteiger partial charge in [-0.05, 0) is 84.8 Å². The molecular weight excluding hydrogens is 262 g/mol. The van der Waals surface area contributed by atoms with Gasteiger partial charge in [-0.25, -0.2) is 0 Å². The predicted octanol–water partition coefficient (Wildman–Crippen LogP) is 4.96. The molecule has 2 aromatic rings. The summed E-state index contributed by atoms with van der Waals surface area (Å²) in [5.41, 5.74) is 7.06. The predicted molar refractivity (Wildman–Crippen MR) is 89.7 cm³/mol. The first-order valence-corrected chi connectivity index (χ1v) is 8.38. The smallest absolute Gasteiger partial charge is 0.0363 e. The highest BCUT2D eigenvalue weighted by Gasteiger charge is 2.15. The Morgan fingerprint density at radius 2 is 1.85 bits per heavy atom. The van der Waals surface area contributed by atoms with Crippen LogP contribution in [0.4, 0.5) is 0 Å².